The summed E-state index contributed by atoms with van der Waals surface area (Å²) in [5, 5.41) is 9.78. The van der Waals surface area contributed by atoms with Crippen molar-refractivity contribution in [3.63, 3.8) is 0 Å². The normalized spacial score (nSPS) is 29.4. The highest BCUT2D eigenvalue weighted by Crippen LogP contribution is 2.51. The summed E-state index contributed by atoms with van der Waals surface area (Å²) in [6.07, 6.45) is 8.16. The molecule has 2 nitrogen and oxygen atoms in total. The van der Waals surface area contributed by atoms with E-state index in [-0.39, 0.29) is 5.41 Å². The van der Waals surface area contributed by atoms with Crippen molar-refractivity contribution in [3.05, 3.63) is 29.3 Å². The molecule has 1 N–H and O–H groups in total. The highest BCUT2D eigenvalue weighted by molar-refractivity contribution is 5.80. The first-order valence-electron chi connectivity index (χ1n) is 8.00. The summed E-state index contributed by atoms with van der Waals surface area (Å²) in [5.41, 5.74) is 2.92. The molecule has 2 aliphatic rings. The first kappa shape index (κ1) is 13.7. The molecule has 108 valence electrons. The molecule has 0 spiro atoms. The van der Waals surface area contributed by atoms with Crippen LogP contribution in [0.2, 0.25) is 0 Å². The van der Waals surface area contributed by atoms with Crippen molar-refractivity contribution in [2.45, 2.75) is 63.7 Å². The Morgan fingerprint density at radius 2 is 2.20 bits per heavy atom. The van der Waals surface area contributed by atoms with Crippen molar-refractivity contribution in [2.75, 3.05) is 0 Å². The largest absolute Gasteiger partial charge is 0.508 e. The number of carbonyl (C=O) groups excluding carboxylic acids is 1. The number of phenols is 1. The number of carbonyl (C=O) groups is 1. The van der Waals surface area contributed by atoms with Crippen molar-refractivity contribution < 1.29 is 9.90 Å². The van der Waals surface area contributed by atoms with E-state index < -0.39 is 0 Å². The lowest BCUT2D eigenvalue weighted by molar-refractivity contribution is -0.123. The van der Waals surface area contributed by atoms with E-state index in [2.05, 4.69) is 13.0 Å². The quantitative estimate of drug-likeness (QED) is 0.878. The molecule has 0 radical (unpaired) electrons. The summed E-state index contributed by atoms with van der Waals surface area (Å²) < 4.78 is 0. The van der Waals surface area contributed by atoms with Crippen molar-refractivity contribution in [1.29, 1.82) is 0 Å². The fourth-order valence-electron chi connectivity index (χ4n) is 4.59. The van der Waals surface area contributed by atoms with Crippen LogP contribution in [0.15, 0.2) is 18.2 Å². The van der Waals surface area contributed by atoms with Gasteiger partial charge in [0.15, 0.2) is 0 Å². The van der Waals surface area contributed by atoms with E-state index in [1.54, 1.807) is 0 Å². The Balaban J connectivity index is 2.11. The van der Waals surface area contributed by atoms with E-state index in [0.717, 1.165) is 44.9 Å². The van der Waals surface area contributed by atoms with Crippen LogP contribution in [0.1, 0.15) is 63.0 Å². The molecule has 0 amide bonds. The minimum Gasteiger partial charge on any atom is -0.508 e. The van der Waals surface area contributed by atoms with Gasteiger partial charge in [-0.25, -0.2) is 0 Å². The molecule has 1 fully saturated rings. The smallest absolute Gasteiger partial charge is 0.133 e. The van der Waals surface area contributed by atoms with Crippen LogP contribution in [0.25, 0.3) is 0 Å². The summed E-state index contributed by atoms with van der Waals surface area (Å²) in [4.78, 5) is 11.9. The molecule has 1 aromatic carbocycles. The maximum atomic E-state index is 11.9. The zero-order valence-electron chi connectivity index (χ0n) is 12.3. The summed E-state index contributed by atoms with van der Waals surface area (Å²) in [6, 6.07) is 5.91. The maximum Gasteiger partial charge on any atom is 0.133 e. The van der Waals surface area contributed by atoms with Crippen LogP contribution in [-0.2, 0) is 16.6 Å². The lowest BCUT2D eigenvalue weighted by Crippen LogP contribution is -2.40. The molecule has 2 heteroatoms. The third-order valence-electron chi connectivity index (χ3n) is 5.43. The van der Waals surface area contributed by atoms with E-state index in [4.69, 9.17) is 0 Å². The lowest BCUT2D eigenvalue weighted by atomic mass is 9.59. The number of phenolic OH excluding ortho intramolecular Hbond substituents is 1. The SMILES string of the molecule is CCCC12CCC(=O)CC1CCCc1cc(O)ccc12. The molecular formula is C18H24O2. The van der Waals surface area contributed by atoms with E-state index in [0.29, 0.717) is 17.5 Å². The summed E-state index contributed by atoms with van der Waals surface area (Å²) >= 11 is 0. The van der Waals surface area contributed by atoms with Gasteiger partial charge in [0, 0.05) is 12.8 Å². The topological polar surface area (TPSA) is 37.3 Å². The van der Waals surface area contributed by atoms with Gasteiger partial charge in [-0.15, -0.1) is 0 Å². The highest BCUT2D eigenvalue weighted by atomic mass is 16.3. The van der Waals surface area contributed by atoms with Gasteiger partial charge in [-0.05, 0) is 66.7 Å². The highest BCUT2D eigenvalue weighted by Gasteiger charge is 2.45. The molecular weight excluding hydrogens is 248 g/mol. The fraction of sp³-hybridized carbons (Fsp3) is 0.611. The Morgan fingerprint density at radius 3 is 3.00 bits per heavy atom. The Bertz CT molecular complexity index is 520. The van der Waals surface area contributed by atoms with E-state index >= 15 is 0 Å². The monoisotopic (exact) mass is 272 g/mol. The molecule has 20 heavy (non-hydrogen) atoms. The second-order valence-corrected chi connectivity index (χ2v) is 6.58. The van der Waals surface area contributed by atoms with Gasteiger partial charge >= 0.3 is 0 Å². The number of aryl methyl sites for hydroxylation is 1. The predicted molar refractivity (Wildman–Crippen MR) is 80.0 cm³/mol. The zero-order valence-corrected chi connectivity index (χ0v) is 12.3. The van der Waals surface area contributed by atoms with E-state index in [1.165, 1.54) is 17.5 Å². The van der Waals surface area contributed by atoms with Crippen LogP contribution < -0.4 is 0 Å². The second-order valence-electron chi connectivity index (χ2n) is 6.58. The molecule has 3 rings (SSSR count). The number of ketones is 1. The van der Waals surface area contributed by atoms with Crippen molar-refractivity contribution in [3.8, 4) is 5.75 Å². The predicted octanol–water partition coefficient (Wildman–Crippen LogP) is 4.14. The van der Waals surface area contributed by atoms with E-state index in [9.17, 15) is 9.90 Å². The van der Waals surface area contributed by atoms with Gasteiger partial charge in [0.05, 0.1) is 0 Å². The molecule has 2 atom stereocenters. The Morgan fingerprint density at radius 1 is 1.35 bits per heavy atom. The van der Waals surface area contributed by atoms with Gasteiger partial charge in [-0.3, -0.25) is 4.79 Å². The van der Waals surface area contributed by atoms with Gasteiger partial charge in [0.25, 0.3) is 0 Å². The van der Waals surface area contributed by atoms with Gasteiger partial charge in [0.1, 0.15) is 11.5 Å². The zero-order chi connectivity index (χ0) is 14.2. The van der Waals surface area contributed by atoms with Crippen molar-refractivity contribution >= 4 is 5.78 Å². The minimum atomic E-state index is 0.183. The van der Waals surface area contributed by atoms with Gasteiger partial charge in [0.2, 0.25) is 0 Å². The lowest BCUT2D eigenvalue weighted by Gasteiger charge is -2.44. The molecule has 1 saturated carbocycles. The van der Waals surface area contributed by atoms with Crippen molar-refractivity contribution in [2.24, 2.45) is 5.92 Å². The van der Waals surface area contributed by atoms with Gasteiger partial charge < -0.3 is 5.11 Å². The van der Waals surface area contributed by atoms with Crippen LogP contribution in [-0.4, -0.2) is 10.9 Å². The summed E-state index contributed by atoms with van der Waals surface area (Å²) in [6.45, 7) is 2.24. The number of Topliss-reactive ketones (excluding diaryl/α,β-unsaturated/α-hetero) is 1. The number of hydrogen-bond acceptors (Lipinski definition) is 2. The molecule has 0 heterocycles. The number of benzene rings is 1. The molecule has 0 aliphatic heterocycles. The number of hydrogen-bond donors (Lipinski definition) is 1. The van der Waals surface area contributed by atoms with Crippen LogP contribution in [0, 0.1) is 5.92 Å². The maximum absolute atomic E-state index is 11.9. The summed E-state index contributed by atoms with van der Waals surface area (Å²) in [5.74, 6) is 1.33. The number of aromatic hydroxyl groups is 1. The molecule has 2 aliphatic carbocycles. The van der Waals surface area contributed by atoms with E-state index in [1.807, 2.05) is 12.1 Å². The first-order valence-corrected chi connectivity index (χ1v) is 8.00. The third kappa shape index (κ3) is 2.15. The average molecular weight is 272 g/mol. The molecule has 1 aromatic rings. The Labute approximate surface area is 121 Å². The summed E-state index contributed by atoms with van der Waals surface area (Å²) in [7, 11) is 0. The number of fused-ring (bicyclic) bond motifs is 3. The van der Waals surface area contributed by atoms with Crippen LogP contribution in [0.3, 0.4) is 0 Å². The van der Waals surface area contributed by atoms with Crippen LogP contribution in [0.4, 0.5) is 0 Å². The Kier molecular flexibility index (Phi) is 3.57. The second kappa shape index (κ2) is 5.23. The van der Waals surface area contributed by atoms with Crippen LogP contribution >= 0.6 is 0 Å². The molecule has 0 saturated heterocycles. The molecule has 2 unspecified atom stereocenters. The third-order valence-corrected chi connectivity index (χ3v) is 5.43. The van der Waals surface area contributed by atoms with Crippen molar-refractivity contribution in [1.82, 2.24) is 0 Å². The average Bonchev–Trinajstić information content (AvgIpc) is 2.56. The van der Waals surface area contributed by atoms with Gasteiger partial charge in [-0.1, -0.05) is 19.4 Å². The fourth-order valence-corrected chi connectivity index (χ4v) is 4.59. The molecule has 0 aromatic heterocycles. The standard InChI is InChI=1S/C18H24O2/c1-2-9-18-10-8-16(20)12-14(18)5-3-4-13-11-15(19)6-7-17(13)18/h6-7,11,14,19H,2-5,8-10,12H2,1H3. The minimum absolute atomic E-state index is 0.183. The van der Waals surface area contributed by atoms with Crippen LogP contribution in [0.5, 0.6) is 5.75 Å². The number of rotatable bonds is 2. The Hall–Kier alpha value is -1.31. The molecule has 0 bridgehead atoms. The van der Waals surface area contributed by atoms with Gasteiger partial charge in [-0.2, -0.15) is 0 Å². The first-order chi connectivity index (χ1) is 9.65.